The number of imide groups is 1. The number of hydrogen-bond acceptors (Lipinski definition) is 7. The zero-order valence-electron chi connectivity index (χ0n) is 20.6. The molecule has 0 unspecified atom stereocenters. The molecule has 8 heteroatoms. The first-order chi connectivity index (χ1) is 16.6. The van der Waals surface area contributed by atoms with E-state index >= 15 is 0 Å². The van der Waals surface area contributed by atoms with Crippen molar-refractivity contribution >= 4 is 34.7 Å². The maximum atomic E-state index is 13.1. The van der Waals surface area contributed by atoms with Gasteiger partial charge in [0.05, 0.1) is 19.3 Å². The Labute approximate surface area is 204 Å². The minimum absolute atomic E-state index is 0.0500. The highest BCUT2D eigenvalue weighted by molar-refractivity contribution is 6.03. The van der Waals surface area contributed by atoms with Crippen molar-refractivity contribution in [3.8, 4) is 0 Å². The molecule has 8 nitrogen and oxygen atoms in total. The molecule has 0 N–H and O–H groups in total. The van der Waals surface area contributed by atoms with E-state index in [4.69, 9.17) is 14.2 Å². The summed E-state index contributed by atoms with van der Waals surface area (Å²) < 4.78 is 15.9. The van der Waals surface area contributed by atoms with E-state index in [1.807, 2.05) is 36.4 Å². The van der Waals surface area contributed by atoms with E-state index in [-0.39, 0.29) is 13.2 Å². The van der Waals surface area contributed by atoms with Crippen LogP contribution in [-0.4, -0.2) is 53.7 Å². The van der Waals surface area contributed by atoms with Crippen LogP contribution in [0.5, 0.6) is 0 Å². The summed E-state index contributed by atoms with van der Waals surface area (Å²) >= 11 is 0. The van der Waals surface area contributed by atoms with Crippen LogP contribution in [0.25, 0.3) is 10.8 Å². The predicted molar refractivity (Wildman–Crippen MR) is 129 cm³/mol. The second-order valence-electron chi connectivity index (χ2n) is 9.15. The van der Waals surface area contributed by atoms with Gasteiger partial charge in [0.1, 0.15) is 5.60 Å². The molecule has 35 heavy (non-hydrogen) atoms. The topological polar surface area (TPSA) is 99.2 Å². The number of fused-ring (bicyclic) bond motifs is 1. The first-order valence-corrected chi connectivity index (χ1v) is 11.6. The lowest BCUT2D eigenvalue weighted by molar-refractivity contribution is -0.164. The van der Waals surface area contributed by atoms with E-state index < -0.39 is 47.4 Å². The van der Waals surface area contributed by atoms with Crippen molar-refractivity contribution in [3.05, 3.63) is 60.2 Å². The van der Waals surface area contributed by atoms with E-state index in [1.54, 1.807) is 40.7 Å². The highest BCUT2D eigenvalue weighted by Gasteiger charge is 2.48. The van der Waals surface area contributed by atoms with Crippen molar-refractivity contribution < 1.29 is 33.4 Å². The minimum Gasteiger partial charge on any atom is -0.465 e. The zero-order chi connectivity index (χ0) is 25.8. The molecule has 2 amide bonds. The van der Waals surface area contributed by atoms with Crippen molar-refractivity contribution in [2.75, 3.05) is 13.2 Å². The summed E-state index contributed by atoms with van der Waals surface area (Å²) in [6, 6.07) is 12.1. The zero-order valence-corrected chi connectivity index (χ0v) is 20.6. The van der Waals surface area contributed by atoms with Crippen molar-refractivity contribution in [2.45, 2.75) is 52.2 Å². The highest BCUT2D eigenvalue weighted by atomic mass is 16.6. The third kappa shape index (κ3) is 5.88. The lowest BCUT2D eigenvalue weighted by Crippen LogP contribution is -2.49. The number of rotatable bonds is 7. The summed E-state index contributed by atoms with van der Waals surface area (Å²) in [5.41, 5.74) is -0.280. The Morgan fingerprint density at radius 3 is 2.11 bits per heavy atom. The van der Waals surface area contributed by atoms with Gasteiger partial charge in [-0.05, 0) is 51.0 Å². The molecule has 0 fully saturated rings. The van der Waals surface area contributed by atoms with E-state index in [2.05, 4.69) is 0 Å². The standard InChI is InChI=1S/C27H31NO7/c1-6-33-24(30)23(25(31)34-7-2)22(19-13-12-17-10-8-9-11-18(17)16-19)20-14-15-21(29)28(20)26(32)35-27(3,4)5/h8-16,20,22-23H,6-7H2,1-5H3/t20-,22-/m0/s1. The Balaban J connectivity index is 2.18. The van der Waals surface area contributed by atoms with Gasteiger partial charge < -0.3 is 14.2 Å². The molecule has 2 atom stereocenters. The molecule has 0 radical (unpaired) electrons. The molecule has 0 bridgehead atoms. The molecular weight excluding hydrogens is 450 g/mol. The van der Waals surface area contributed by atoms with E-state index in [0.29, 0.717) is 5.56 Å². The fourth-order valence-corrected chi connectivity index (χ4v) is 4.15. The number of amides is 2. The van der Waals surface area contributed by atoms with Crippen molar-refractivity contribution in [1.82, 2.24) is 4.90 Å². The highest BCUT2D eigenvalue weighted by Crippen LogP contribution is 2.38. The van der Waals surface area contributed by atoms with Gasteiger partial charge in [-0.25, -0.2) is 9.69 Å². The van der Waals surface area contributed by atoms with Crippen LogP contribution >= 0.6 is 0 Å². The Bertz CT molecular complexity index is 1130. The van der Waals surface area contributed by atoms with E-state index in [1.165, 1.54) is 12.2 Å². The number of hydrogen-bond donors (Lipinski definition) is 0. The molecule has 2 aromatic rings. The van der Waals surface area contributed by atoms with Crippen molar-refractivity contribution in [3.63, 3.8) is 0 Å². The Kier molecular flexibility index (Phi) is 7.94. The molecule has 0 spiro atoms. The summed E-state index contributed by atoms with van der Waals surface area (Å²) in [5, 5.41) is 1.83. The molecule has 0 saturated carbocycles. The third-order valence-corrected chi connectivity index (χ3v) is 5.53. The normalized spacial score (nSPS) is 16.5. The van der Waals surface area contributed by atoms with Crippen LogP contribution in [0, 0.1) is 5.92 Å². The second kappa shape index (κ2) is 10.7. The number of carbonyl (C=O) groups is 4. The van der Waals surface area contributed by atoms with Gasteiger partial charge in [0.25, 0.3) is 5.91 Å². The fourth-order valence-electron chi connectivity index (χ4n) is 4.15. The molecule has 0 aliphatic carbocycles. The summed E-state index contributed by atoms with van der Waals surface area (Å²) in [7, 11) is 0. The summed E-state index contributed by atoms with van der Waals surface area (Å²) in [5.74, 6) is -4.56. The van der Waals surface area contributed by atoms with Gasteiger partial charge >= 0.3 is 18.0 Å². The largest absolute Gasteiger partial charge is 0.465 e. The third-order valence-electron chi connectivity index (χ3n) is 5.53. The Morgan fingerprint density at radius 1 is 0.943 bits per heavy atom. The first kappa shape index (κ1) is 25.9. The van der Waals surface area contributed by atoms with Crippen LogP contribution in [0.2, 0.25) is 0 Å². The van der Waals surface area contributed by atoms with E-state index in [0.717, 1.165) is 15.7 Å². The van der Waals surface area contributed by atoms with Gasteiger partial charge in [-0.15, -0.1) is 0 Å². The van der Waals surface area contributed by atoms with Gasteiger partial charge in [0.2, 0.25) is 0 Å². The quantitative estimate of drug-likeness (QED) is 0.329. The van der Waals surface area contributed by atoms with Crippen molar-refractivity contribution in [2.24, 2.45) is 5.92 Å². The number of ether oxygens (including phenoxy) is 3. The molecule has 2 aromatic carbocycles. The lowest BCUT2D eigenvalue weighted by atomic mass is 9.79. The predicted octanol–water partition coefficient (Wildman–Crippen LogP) is 4.37. The van der Waals surface area contributed by atoms with Gasteiger partial charge in [-0.2, -0.15) is 0 Å². The van der Waals surface area contributed by atoms with Gasteiger partial charge in [0, 0.05) is 12.0 Å². The summed E-state index contributed by atoms with van der Waals surface area (Å²) in [6.45, 7) is 8.44. The molecule has 186 valence electrons. The van der Waals surface area contributed by atoms with Crippen LogP contribution in [0.15, 0.2) is 54.6 Å². The second-order valence-corrected chi connectivity index (χ2v) is 9.15. The van der Waals surface area contributed by atoms with Crippen molar-refractivity contribution in [1.29, 1.82) is 0 Å². The van der Waals surface area contributed by atoms with Gasteiger partial charge in [0.15, 0.2) is 5.92 Å². The SMILES string of the molecule is CCOC(=O)C(C(=O)OCC)[C@@H](c1ccc2ccccc2c1)[C@@H]1C=CC(=O)N1C(=O)OC(C)(C)C. The van der Waals surface area contributed by atoms with E-state index in [9.17, 15) is 19.2 Å². The fraction of sp³-hybridized carbons (Fsp3) is 0.407. The van der Waals surface area contributed by atoms with Gasteiger partial charge in [-0.3, -0.25) is 14.4 Å². The van der Waals surface area contributed by atoms with Crippen LogP contribution in [-0.2, 0) is 28.6 Å². The molecule has 0 saturated heterocycles. The van der Waals surface area contributed by atoms with Crippen LogP contribution in [0.1, 0.15) is 46.1 Å². The molecular formula is C27H31NO7. The summed E-state index contributed by atoms with van der Waals surface area (Å²) in [4.78, 5) is 53.0. The monoisotopic (exact) mass is 481 g/mol. The molecule has 1 aliphatic rings. The van der Waals surface area contributed by atoms with Crippen LogP contribution in [0.4, 0.5) is 4.79 Å². The smallest absolute Gasteiger partial charge is 0.417 e. The average molecular weight is 482 g/mol. The minimum atomic E-state index is -1.42. The van der Waals surface area contributed by atoms with Crippen LogP contribution in [0.3, 0.4) is 0 Å². The number of benzene rings is 2. The maximum absolute atomic E-state index is 13.1. The summed E-state index contributed by atoms with van der Waals surface area (Å²) in [6.07, 6.45) is 1.89. The first-order valence-electron chi connectivity index (χ1n) is 11.6. The van der Waals surface area contributed by atoms with Gasteiger partial charge in [-0.1, -0.05) is 48.5 Å². The molecule has 1 aliphatic heterocycles. The van der Waals surface area contributed by atoms with Crippen LogP contribution < -0.4 is 0 Å². The number of esters is 2. The average Bonchev–Trinajstić information content (AvgIpc) is 3.17. The number of nitrogens with zero attached hydrogens (tertiary/aromatic N) is 1. The lowest BCUT2D eigenvalue weighted by Gasteiger charge is -2.34. The Morgan fingerprint density at radius 2 is 1.54 bits per heavy atom. The molecule has 3 rings (SSSR count). The Hall–Kier alpha value is -3.68. The number of carbonyl (C=O) groups excluding carboxylic acids is 4. The molecule has 0 aromatic heterocycles. The molecule has 1 heterocycles. The maximum Gasteiger partial charge on any atom is 0.417 e.